The van der Waals surface area contributed by atoms with Gasteiger partial charge >= 0.3 is 6.03 Å². The third-order valence-corrected chi connectivity index (χ3v) is 13.1. The Kier molecular flexibility index (Phi) is 15.4. The second-order valence-electron chi connectivity index (χ2n) is 17.3. The SMILES string of the molecule is CCn1c(C#CCNC(=O)Nc2ccc(CN3CCC(NCc4ccc5c(c4)cc(C#CCNc4ccc(Cl)c(F)c4)n5CC)CC3)cc2)cc2cc(CNC3CCN(C)CC3)ccc21. The molecule has 338 valence electrons. The molecule has 10 nitrogen and oxygen atoms in total. The number of aromatic nitrogens is 2. The number of halogens is 2. The monoisotopic (exact) mass is 893 g/mol. The van der Waals surface area contributed by atoms with Crippen LogP contribution in [0.4, 0.5) is 20.6 Å². The largest absolute Gasteiger partial charge is 0.374 e. The fourth-order valence-electron chi connectivity index (χ4n) is 9.05. The second kappa shape index (κ2) is 21.9. The van der Waals surface area contributed by atoms with Crippen molar-refractivity contribution in [2.45, 2.75) is 84.3 Å². The highest BCUT2D eigenvalue weighted by Gasteiger charge is 2.20. The average molecular weight is 895 g/mol. The predicted octanol–water partition coefficient (Wildman–Crippen LogP) is 9.00. The highest BCUT2D eigenvalue weighted by molar-refractivity contribution is 6.30. The first-order valence-corrected chi connectivity index (χ1v) is 23.5. The summed E-state index contributed by atoms with van der Waals surface area (Å²) in [4.78, 5) is 17.6. The Bertz CT molecular complexity index is 2700. The van der Waals surface area contributed by atoms with E-state index in [0.29, 0.717) is 24.3 Å². The number of nitrogens with zero attached hydrogens (tertiary/aromatic N) is 4. The van der Waals surface area contributed by atoms with Crippen LogP contribution in [0.2, 0.25) is 5.02 Å². The van der Waals surface area contributed by atoms with Crippen LogP contribution in [0.5, 0.6) is 0 Å². The van der Waals surface area contributed by atoms with Crippen molar-refractivity contribution in [3.8, 4) is 23.7 Å². The third-order valence-electron chi connectivity index (χ3n) is 12.7. The van der Waals surface area contributed by atoms with Crippen molar-refractivity contribution in [3.05, 3.63) is 130 Å². The van der Waals surface area contributed by atoms with Crippen LogP contribution in [-0.4, -0.2) is 83.4 Å². The zero-order chi connectivity index (χ0) is 45.1. The molecule has 0 spiro atoms. The first-order valence-electron chi connectivity index (χ1n) is 23.1. The molecule has 0 radical (unpaired) electrons. The first kappa shape index (κ1) is 45.8. The molecule has 0 saturated carbocycles. The van der Waals surface area contributed by atoms with Gasteiger partial charge in [0, 0.05) is 78.0 Å². The quantitative estimate of drug-likeness (QED) is 0.0702. The van der Waals surface area contributed by atoms with E-state index in [4.69, 9.17) is 11.6 Å². The van der Waals surface area contributed by atoms with Crippen LogP contribution in [0, 0.1) is 29.5 Å². The van der Waals surface area contributed by atoms with E-state index in [1.807, 2.05) is 12.1 Å². The molecule has 2 saturated heterocycles. The van der Waals surface area contributed by atoms with Gasteiger partial charge in [0.15, 0.2) is 0 Å². The van der Waals surface area contributed by atoms with Gasteiger partial charge < -0.3 is 40.6 Å². The summed E-state index contributed by atoms with van der Waals surface area (Å²) >= 11 is 5.80. The molecule has 5 N–H and O–H groups in total. The van der Waals surface area contributed by atoms with E-state index < -0.39 is 5.82 Å². The molecule has 0 aliphatic carbocycles. The highest BCUT2D eigenvalue weighted by atomic mass is 35.5. The number of hydrogen-bond donors (Lipinski definition) is 5. The lowest BCUT2D eigenvalue weighted by Gasteiger charge is -2.32. The molecule has 0 unspecified atom stereocenters. The number of nitrogens with one attached hydrogen (secondary N) is 5. The van der Waals surface area contributed by atoms with Gasteiger partial charge in [0.25, 0.3) is 0 Å². The van der Waals surface area contributed by atoms with Gasteiger partial charge in [-0.3, -0.25) is 4.90 Å². The molecule has 12 heteroatoms. The summed E-state index contributed by atoms with van der Waals surface area (Å²) in [5, 5.41) is 19.0. The lowest BCUT2D eigenvalue weighted by Crippen LogP contribution is -2.41. The molecule has 0 bridgehead atoms. The zero-order valence-corrected chi connectivity index (χ0v) is 38.6. The van der Waals surface area contributed by atoms with Gasteiger partial charge in [-0.15, -0.1) is 0 Å². The number of fused-ring (bicyclic) bond motifs is 2. The Morgan fingerprint density at radius 2 is 1.22 bits per heavy atom. The lowest BCUT2D eigenvalue weighted by molar-refractivity contribution is 0.190. The van der Waals surface area contributed by atoms with Gasteiger partial charge in [-0.25, -0.2) is 9.18 Å². The molecule has 2 amide bonds. The van der Waals surface area contributed by atoms with Crippen molar-refractivity contribution in [3.63, 3.8) is 0 Å². The number of urea groups is 1. The number of carbonyl (C=O) groups is 1. The summed E-state index contributed by atoms with van der Waals surface area (Å²) in [6, 6.07) is 31.2. The van der Waals surface area contributed by atoms with E-state index in [9.17, 15) is 9.18 Å². The van der Waals surface area contributed by atoms with Crippen molar-refractivity contribution < 1.29 is 9.18 Å². The standard InChI is InChI=1S/C53H61ClFN9O/c1-4-63-47(8-6-24-56-46-16-17-49(54)50(55)34-46)32-41-31-40(13-19-51(41)63)36-59-44-22-28-62(29-23-44)37-38-10-14-45(15-11-38)60-53(65)57-25-7-9-48-33-42-30-39(12-18-52(42)64(48)5-2)35-58-43-20-26-61(3)27-21-43/h10-19,30-34,43-44,56,58-59H,4-5,20-29,35-37H2,1-3H3,(H2,57,60,65). The van der Waals surface area contributed by atoms with Crippen molar-refractivity contribution in [2.75, 3.05) is 56.9 Å². The smallest absolute Gasteiger partial charge is 0.319 e. The maximum Gasteiger partial charge on any atom is 0.319 e. The summed E-state index contributed by atoms with van der Waals surface area (Å²) in [7, 11) is 2.20. The molecule has 2 aliphatic rings. The van der Waals surface area contributed by atoms with Gasteiger partial charge in [0.1, 0.15) is 5.82 Å². The number of amides is 2. The van der Waals surface area contributed by atoms with E-state index in [1.54, 1.807) is 6.07 Å². The number of benzene rings is 4. The molecular weight excluding hydrogens is 833 g/mol. The molecule has 6 aromatic rings. The molecule has 4 aromatic carbocycles. The Morgan fingerprint density at radius 1 is 0.677 bits per heavy atom. The van der Waals surface area contributed by atoms with Crippen LogP contribution in [0.15, 0.2) is 91.0 Å². The number of carbonyl (C=O) groups excluding carboxylic acids is 1. The van der Waals surface area contributed by atoms with Gasteiger partial charge in [-0.2, -0.15) is 0 Å². The second-order valence-corrected chi connectivity index (χ2v) is 17.7. The topological polar surface area (TPSA) is 93.6 Å². The summed E-state index contributed by atoms with van der Waals surface area (Å²) in [6.45, 7) is 13.5. The minimum absolute atomic E-state index is 0.106. The van der Waals surface area contributed by atoms with E-state index in [2.05, 4.69) is 151 Å². The molecule has 0 atom stereocenters. The molecule has 4 heterocycles. The molecule has 2 fully saturated rings. The first-order chi connectivity index (χ1) is 31.7. The maximum absolute atomic E-state index is 13.8. The van der Waals surface area contributed by atoms with E-state index >= 15 is 0 Å². The fraction of sp³-hybridized carbons (Fsp3) is 0.377. The molecule has 8 rings (SSSR count). The third kappa shape index (κ3) is 12.1. The minimum atomic E-state index is -0.449. The summed E-state index contributed by atoms with van der Waals surface area (Å²) < 4.78 is 18.2. The van der Waals surface area contributed by atoms with Crippen LogP contribution in [-0.2, 0) is 32.7 Å². The highest BCUT2D eigenvalue weighted by Crippen LogP contribution is 2.24. The molecule has 65 heavy (non-hydrogen) atoms. The van der Waals surface area contributed by atoms with Gasteiger partial charge in [0.2, 0.25) is 0 Å². The summed E-state index contributed by atoms with van der Waals surface area (Å²) in [6.07, 6.45) is 4.57. The number of hydrogen-bond acceptors (Lipinski definition) is 6. The van der Waals surface area contributed by atoms with Gasteiger partial charge in [0.05, 0.1) is 29.5 Å². The average Bonchev–Trinajstić information content (AvgIpc) is 3.86. The van der Waals surface area contributed by atoms with Crippen LogP contribution >= 0.6 is 11.6 Å². The maximum atomic E-state index is 13.8. The van der Waals surface area contributed by atoms with E-state index in [1.165, 1.54) is 63.5 Å². The molecule has 2 aromatic heterocycles. The number of rotatable bonds is 14. The van der Waals surface area contributed by atoms with Gasteiger partial charge in [-0.1, -0.05) is 47.7 Å². The Balaban J connectivity index is 0.744. The predicted molar refractivity (Wildman–Crippen MR) is 265 cm³/mol. The Hall–Kier alpha value is -5.79. The Morgan fingerprint density at radius 3 is 1.78 bits per heavy atom. The minimum Gasteiger partial charge on any atom is -0.374 e. The summed E-state index contributed by atoms with van der Waals surface area (Å²) in [5.74, 6) is 12.5. The lowest BCUT2D eigenvalue weighted by atomic mass is 10.0. The van der Waals surface area contributed by atoms with Crippen molar-refractivity contribution in [1.82, 2.24) is 34.9 Å². The number of anilines is 2. The van der Waals surface area contributed by atoms with Crippen LogP contribution in [0.25, 0.3) is 21.8 Å². The van der Waals surface area contributed by atoms with Gasteiger partial charge in [-0.05, 0) is 168 Å². The van der Waals surface area contributed by atoms with Crippen LogP contribution in [0.1, 0.15) is 67.6 Å². The number of piperidine rings is 2. The van der Waals surface area contributed by atoms with Crippen molar-refractivity contribution >= 4 is 50.8 Å². The summed E-state index contributed by atoms with van der Waals surface area (Å²) in [5.41, 5.74) is 9.44. The van der Waals surface area contributed by atoms with Crippen molar-refractivity contribution in [1.29, 1.82) is 0 Å². The zero-order valence-electron chi connectivity index (χ0n) is 37.9. The molecule has 2 aliphatic heterocycles. The van der Waals surface area contributed by atoms with Crippen LogP contribution < -0.4 is 26.6 Å². The van der Waals surface area contributed by atoms with E-state index in [-0.39, 0.29) is 17.6 Å². The fourth-order valence-corrected chi connectivity index (χ4v) is 9.17. The number of likely N-dealkylation sites (tertiary alicyclic amines) is 2. The molecular formula is C53H61ClFN9O. The van der Waals surface area contributed by atoms with Crippen molar-refractivity contribution in [2.24, 2.45) is 0 Å². The number of aryl methyl sites for hydroxylation is 2. The normalized spacial score (nSPS) is 15.1. The van der Waals surface area contributed by atoms with E-state index in [0.717, 1.165) is 88.8 Å². The van der Waals surface area contributed by atoms with Crippen LogP contribution in [0.3, 0.4) is 0 Å². The Labute approximate surface area is 388 Å².